The minimum atomic E-state index is -0.175. The van der Waals surface area contributed by atoms with Crippen LogP contribution in [-0.2, 0) is 19.1 Å². The highest BCUT2D eigenvalue weighted by Gasteiger charge is 2.07. The molecule has 4 heteroatoms. The van der Waals surface area contributed by atoms with Crippen molar-refractivity contribution in [1.29, 1.82) is 0 Å². The van der Waals surface area contributed by atoms with E-state index < -0.39 is 0 Å². The van der Waals surface area contributed by atoms with Crippen LogP contribution < -0.4 is 0 Å². The number of hydrogen-bond donors (Lipinski definition) is 0. The van der Waals surface area contributed by atoms with Crippen LogP contribution in [0.15, 0.2) is 0 Å². The first kappa shape index (κ1) is 55.9. The van der Waals surface area contributed by atoms with E-state index in [2.05, 4.69) is 13.8 Å². The summed E-state index contributed by atoms with van der Waals surface area (Å²) < 4.78 is 10.8. The summed E-state index contributed by atoms with van der Waals surface area (Å²) in [4.78, 5) is 24.1. The number of rotatable bonds is 50. The molecule has 0 saturated carbocycles. The van der Waals surface area contributed by atoms with Gasteiger partial charge in [0.2, 0.25) is 0 Å². The molecular formula is C53H104O4. The Morgan fingerprint density at radius 3 is 0.561 bits per heavy atom. The van der Waals surface area contributed by atoms with Gasteiger partial charge in [0.25, 0.3) is 0 Å². The molecule has 4 nitrogen and oxygen atoms in total. The monoisotopic (exact) mass is 805 g/mol. The zero-order valence-electron chi connectivity index (χ0n) is 39.3. The van der Waals surface area contributed by atoms with E-state index in [1.165, 1.54) is 257 Å². The van der Waals surface area contributed by atoms with Crippen LogP contribution in [0.3, 0.4) is 0 Å². The number of carbonyl (C=O) groups excluding carboxylic acids is 2. The average Bonchev–Trinajstić information content (AvgIpc) is 3.21. The summed E-state index contributed by atoms with van der Waals surface area (Å²) >= 11 is 0. The second-order valence-corrected chi connectivity index (χ2v) is 18.1. The fourth-order valence-electron chi connectivity index (χ4n) is 8.32. The standard InChI is InChI=1S/C53H104O4/c1-3-5-7-9-11-13-15-17-19-21-23-25-27-29-31-33-35-37-39-41-43-45-50-56-52(54)48-47-49-53(55)57-51-46-44-42-40-38-36-34-32-30-28-26-24-22-20-18-16-14-12-10-8-6-4-2/h3-51H2,1-2H3. The highest BCUT2D eigenvalue weighted by atomic mass is 16.5. The molecule has 0 aliphatic heterocycles. The fraction of sp³-hybridized carbons (Fsp3) is 0.962. The largest absolute Gasteiger partial charge is 0.466 e. The van der Waals surface area contributed by atoms with Gasteiger partial charge in [-0.15, -0.1) is 0 Å². The number of unbranched alkanes of at least 4 members (excludes halogenated alkanes) is 42. The molecule has 0 spiro atoms. The van der Waals surface area contributed by atoms with Crippen molar-refractivity contribution in [2.45, 2.75) is 316 Å². The molecule has 340 valence electrons. The molecule has 0 radical (unpaired) electrons. The van der Waals surface area contributed by atoms with E-state index in [0.717, 1.165) is 25.7 Å². The summed E-state index contributed by atoms with van der Waals surface area (Å²) in [5.74, 6) is -0.350. The van der Waals surface area contributed by atoms with Gasteiger partial charge in [0.15, 0.2) is 0 Å². The highest BCUT2D eigenvalue weighted by Crippen LogP contribution is 2.17. The Morgan fingerprint density at radius 2 is 0.386 bits per heavy atom. The minimum Gasteiger partial charge on any atom is -0.466 e. The molecule has 0 aliphatic carbocycles. The van der Waals surface area contributed by atoms with Gasteiger partial charge >= 0.3 is 11.9 Å². The van der Waals surface area contributed by atoms with E-state index in [1.54, 1.807) is 0 Å². The minimum absolute atomic E-state index is 0.175. The Kier molecular flexibility index (Phi) is 50.1. The van der Waals surface area contributed by atoms with Gasteiger partial charge < -0.3 is 9.47 Å². The topological polar surface area (TPSA) is 52.6 Å². The molecule has 0 N–H and O–H groups in total. The van der Waals surface area contributed by atoms with Crippen LogP contribution in [0.2, 0.25) is 0 Å². The Hall–Kier alpha value is -1.06. The summed E-state index contributed by atoms with van der Waals surface area (Å²) in [5, 5.41) is 0. The van der Waals surface area contributed by atoms with Crippen LogP contribution in [-0.4, -0.2) is 25.2 Å². The number of carbonyl (C=O) groups is 2. The van der Waals surface area contributed by atoms with E-state index >= 15 is 0 Å². The van der Waals surface area contributed by atoms with Crippen molar-refractivity contribution < 1.29 is 19.1 Å². The van der Waals surface area contributed by atoms with Crippen LogP contribution in [0, 0.1) is 0 Å². The molecule has 57 heavy (non-hydrogen) atoms. The summed E-state index contributed by atoms with van der Waals surface area (Å²) in [6.45, 7) is 5.62. The number of ether oxygens (including phenoxy) is 2. The molecule has 0 amide bonds. The van der Waals surface area contributed by atoms with Crippen molar-refractivity contribution in [2.75, 3.05) is 13.2 Å². The molecule has 0 fully saturated rings. The smallest absolute Gasteiger partial charge is 0.305 e. The Morgan fingerprint density at radius 1 is 0.228 bits per heavy atom. The number of esters is 2. The van der Waals surface area contributed by atoms with Gasteiger partial charge in [0.1, 0.15) is 0 Å². The SMILES string of the molecule is CCCCCCCCCCCCCCCCCCCCCCCCOC(=O)CCCC(=O)OCCCCCCCCCCCCCCCCCCCCCCCC. The molecule has 0 rings (SSSR count). The molecule has 0 unspecified atom stereocenters. The van der Waals surface area contributed by atoms with Gasteiger partial charge in [-0.05, 0) is 19.3 Å². The first-order valence-corrected chi connectivity index (χ1v) is 26.5. The summed E-state index contributed by atoms with van der Waals surface area (Å²) in [6.07, 6.45) is 61.7. The Labute approximate surface area is 358 Å². The van der Waals surface area contributed by atoms with Crippen LogP contribution in [0.1, 0.15) is 316 Å². The second kappa shape index (κ2) is 51.1. The zero-order chi connectivity index (χ0) is 41.2. The van der Waals surface area contributed by atoms with Gasteiger partial charge in [0.05, 0.1) is 13.2 Å². The fourth-order valence-corrected chi connectivity index (χ4v) is 8.32. The van der Waals surface area contributed by atoms with Crippen LogP contribution in [0.25, 0.3) is 0 Å². The lowest BCUT2D eigenvalue weighted by Gasteiger charge is -2.06. The van der Waals surface area contributed by atoms with Crippen LogP contribution >= 0.6 is 0 Å². The molecule has 0 aromatic rings. The quantitative estimate of drug-likeness (QED) is 0.0454. The molecule has 0 aromatic heterocycles. The lowest BCUT2D eigenvalue weighted by Crippen LogP contribution is -2.09. The van der Waals surface area contributed by atoms with E-state index in [-0.39, 0.29) is 11.9 Å². The maximum Gasteiger partial charge on any atom is 0.305 e. The third-order valence-electron chi connectivity index (χ3n) is 12.3. The summed E-state index contributed by atoms with van der Waals surface area (Å²) in [5.41, 5.74) is 0. The van der Waals surface area contributed by atoms with E-state index in [1.807, 2.05) is 0 Å². The van der Waals surface area contributed by atoms with Crippen molar-refractivity contribution in [3.63, 3.8) is 0 Å². The lowest BCUT2D eigenvalue weighted by molar-refractivity contribution is -0.145. The van der Waals surface area contributed by atoms with E-state index in [9.17, 15) is 9.59 Å². The predicted molar refractivity (Wildman–Crippen MR) is 250 cm³/mol. The van der Waals surface area contributed by atoms with Crippen molar-refractivity contribution in [3.05, 3.63) is 0 Å². The molecular weight excluding hydrogens is 701 g/mol. The highest BCUT2D eigenvalue weighted by molar-refractivity contribution is 5.72. The van der Waals surface area contributed by atoms with E-state index in [4.69, 9.17) is 9.47 Å². The maximum atomic E-state index is 12.0. The van der Waals surface area contributed by atoms with Gasteiger partial charge in [-0.2, -0.15) is 0 Å². The average molecular weight is 805 g/mol. The first-order valence-electron chi connectivity index (χ1n) is 26.5. The van der Waals surface area contributed by atoms with Gasteiger partial charge in [-0.25, -0.2) is 0 Å². The van der Waals surface area contributed by atoms with Gasteiger partial charge in [0, 0.05) is 12.8 Å². The zero-order valence-corrected chi connectivity index (χ0v) is 39.3. The van der Waals surface area contributed by atoms with E-state index in [0.29, 0.717) is 32.5 Å². The Bertz CT molecular complexity index is 704. The normalized spacial score (nSPS) is 11.4. The summed E-state index contributed by atoms with van der Waals surface area (Å²) in [7, 11) is 0. The van der Waals surface area contributed by atoms with Gasteiger partial charge in [-0.1, -0.05) is 284 Å². The third kappa shape index (κ3) is 51.0. The molecule has 0 atom stereocenters. The molecule has 0 aliphatic rings. The van der Waals surface area contributed by atoms with Crippen LogP contribution in [0.5, 0.6) is 0 Å². The lowest BCUT2D eigenvalue weighted by atomic mass is 10.0. The summed E-state index contributed by atoms with van der Waals surface area (Å²) in [6, 6.07) is 0. The van der Waals surface area contributed by atoms with Gasteiger partial charge in [-0.3, -0.25) is 9.59 Å². The number of hydrogen-bond acceptors (Lipinski definition) is 4. The first-order chi connectivity index (χ1) is 28.2. The predicted octanol–water partition coefficient (Wildman–Crippen LogP) is 18.4. The molecule has 0 heterocycles. The van der Waals surface area contributed by atoms with Crippen molar-refractivity contribution in [1.82, 2.24) is 0 Å². The van der Waals surface area contributed by atoms with Crippen molar-refractivity contribution >= 4 is 11.9 Å². The van der Waals surface area contributed by atoms with Crippen molar-refractivity contribution in [3.8, 4) is 0 Å². The third-order valence-corrected chi connectivity index (χ3v) is 12.3. The van der Waals surface area contributed by atoms with Crippen LogP contribution in [0.4, 0.5) is 0 Å². The molecule has 0 saturated heterocycles. The van der Waals surface area contributed by atoms with Crippen molar-refractivity contribution in [2.24, 2.45) is 0 Å². The molecule has 0 aromatic carbocycles. The maximum absolute atomic E-state index is 12.0. The second-order valence-electron chi connectivity index (χ2n) is 18.1. The Balaban J connectivity index is 3.23. The molecule has 0 bridgehead atoms.